The van der Waals surface area contributed by atoms with E-state index in [0.717, 1.165) is 6.42 Å². The van der Waals surface area contributed by atoms with Crippen LogP contribution in [0.15, 0.2) is 30.9 Å². The minimum absolute atomic E-state index is 0. The van der Waals surface area contributed by atoms with E-state index in [1.54, 1.807) is 6.92 Å². The van der Waals surface area contributed by atoms with Gasteiger partial charge in [-0.1, -0.05) is 0 Å². The summed E-state index contributed by atoms with van der Waals surface area (Å²) in [4.78, 5) is 34.0. The van der Waals surface area contributed by atoms with Crippen LogP contribution >= 0.6 is 0 Å². The van der Waals surface area contributed by atoms with Crippen molar-refractivity contribution in [1.82, 2.24) is 0 Å². The van der Waals surface area contributed by atoms with Gasteiger partial charge >= 0.3 is 17.1 Å². The molecule has 5 heteroatoms. The third-order valence-electron chi connectivity index (χ3n) is 1.07. The van der Waals surface area contributed by atoms with Gasteiger partial charge in [-0.3, -0.25) is 6.08 Å². The van der Waals surface area contributed by atoms with E-state index in [-0.39, 0.29) is 30.3 Å². The Kier molecular flexibility index (Phi) is 105. The van der Waals surface area contributed by atoms with Crippen molar-refractivity contribution in [2.24, 2.45) is 0 Å². The van der Waals surface area contributed by atoms with Crippen molar-refractivity contribution in [3.8, 4) is 0 Å². The van der Waals surface area contributed by atoms with Gasteiger partial charge in [0.1, 0.15) is 20.4 Å². The van der Waals surface area contributed by atoms with Gasteiger partial charge in [-0.05, 0) is 0 Å². The molecule has 0 aromatic heterocycles. The second-order valence-electron chi connectivity index (χ2n) is 1.90. The molecule has 1 rings (SSSR count). The molecule has 0 radical (unpaired) electrons. The van der Waals surface area contributed by atoms with E-state index in [1.807, 2.05) is 32.5 Å². The maximum absolute atomic E-state index is 10.0. The van der Waals surface area contributed by atoms with Crippen LogP contribution in [0.25, 0.3) is 0 Å². The molecule has 0 unspecified atom stereocenters. The van der Waals surface area contributed by atoms with E-state index in [4.69, 9.17) is 14.4 Å². The Hall–Kier alpha value is -1.71. The zero-order chi connectivity index (χ0) is 14.5. The molecular weight excluding hydrogens is 287 g/mol. The van der Waals surface area contributed by atoms with Gasteiger partial charge in [-0.2, -0.15) is 25.2 Å². The molecule has 0 N–H and O–H groups in total. The fraction of sp³-hybridized carbons (Fsp3) is 0.143. The average molecular weight is 308 g/mol. The van der Waals surface area contributed by atoms with Crippen LogP contribution in [-0.4, -0.2) is 26.2 Å². The molecule has 0 saturated heterocycles. The first kappa shape index (κ1) is 36.0. The first-order valence-electron chi connectivity index (χ1n) is 4.35. The second kappa shape index (κ2) is 55.4. The average Bonchev–Trinajstić information content (AvgIpc) is 3.04. The molecule has 1 aliphatic rings. The summed E-state index contributed by atoms with van der Waals surface area (Å²) in [5.41, 5.74) is 0. The molecule has 4 nitrogen and oxygen atoms in total. The van der Waals surface area contributed by atoms with Crippen molar-refractivity contribution < 1.29 is 36.2 Å². The number of carbonyl (C=O) groups excluding carboxylic acids is 4. The Morgan fingerprint density at radius 1 is 1.21 bits per heavy atom. The first-order chi connectivity index (χ1) is 8.31. The fourth-order valence-electron chi connectivity index (χ4n) is 0.458. The van der Waals surface area contributed by atoms with Crippen LogP contribution < -0.4 is 0 Å². The van der Waals surface area contributed by atoms with Gasteiger partial charge in [0, 0.05) is 5.78 Å². The second-order valence-corrected chi connectivity index (χ2v) is 1.90. The molecule has 0 fully saturated rings. The largest absolute Gasteiger partial charge is 3.00 e. The fourth-order valence-corrected chi connectivity index (χ4v) is 0.458. The van der Waals surface area contributed by atoms with Crippen molar-refractivity contribution in [2.75, 3.05) is 0 Å². The molecular formula is C14H21MnO4. The van der Waals surface area contributed by atoms with Gasteiger partial charge in [-0.25, -0.2) is 12.2 Å². The molecule has 19 heavy (non-hydrogen) atoms. The van der Waals surface area contributed by atoms with E-state index in [1.165, 1.54) is 12.5 Å². The SMILES string of the molecule is C=CC(=O)[CH-]C.C=O.C=O.C=O.[C-]1=CC=CC1.[CH3-].[Mn+3]. The Morgan fingerprint density at radius 3 is 1.68 bits per heavy atom. The summed E-state index contributed by atoms with van der Waals surface area (Å²) in [6.45, 7) is 10.9. The van der Waals surface area contributed by atoms with E-state index >= 15 is 0 Å². The van der Waals surface area contributed by atoms with Crippen LogP contribution in [0, 0.1) is 19.9 Å². The Labute approximate surface area is 127 Å². The van der Waals surface area contributed by atoms with Crippen molar-refractivity contribution >= 4 is 26.2 Å². The third kappa shape index (κ3) is 62.6. The number of hydrogen-bond donors (Lipinski definition) is 0. The Balaban J connectivity index is -0.0000000298. The van der Waals surface area contributed by atoms with Crippen molar-refractivity contribution in [1.29, 1.82) is 0 Å². The quantitative estimate of drug-likeness (QED) is 0.445. The smallest absolute Gasteiger partial charge is 0.358 e. The molecule has 0 spiro atoms. The van der Waals surface area contributed by atoms with Gasteiger partial charge in [0.05, 0.1) is 0 Å². The monoisotopic (exact) mass is 308 g/mol. The Bertz CT molecular complexity index is 211. The standard InChI is InChI=1S/C5H7O.C5H5.3CH2O.CH3.Mn/c1-3-5(6)4-2;1-2-4-5-3-1;3*1-2;;/h3-4H,1H2,2H3;1-3H,4H2;3*1H2;1H3;/q2*-1;;;;-1;+3. The molecule has 108 valence electrons. The number of ketones is 1. The van der Waals surface area contributed by atoms with Crippen LogP contribution in [0.2, 0.25) is 0 Å². The van der Waals surface area contributed by atoms with Gasteiger partial charge in [-0.15, -0.1) is 13.3 Å². The summed E-state index contributed by atoms with van der Waals surface area (Å²) in [5.74, 6) is -0.0185. The van der Waals surface area contributed by atoms with Gasteiger partial charge in [0.2, 0.25) is 0 Å². The first-order valence-corrected chi connectivity index (χ1v) is 4.35. The summed E-state index contributed by atoms with van der Waals surface area (Å²) in [6, 6.07) is 0. The summed E-state index contributed by atoms with van der Waals surface area (Å²) in [6.07, 6.45) is 12.7. The predicted octanol–water partition coefficient (Wildman–Crippen LogP) is 2.16. The van der Waals surface area contributed by atoms with E-state index < -0.39 is 0 Å². The minimum Gasteiger partial charge on any atom is -0.358 e. The molecule has 0 amide bonds. The van der Waals surface area contributed by atoms with Crippen molar-refractivity contribution in [3.05, 3.63) is 50.8 Å². The summed E-state index contributed by atoms with van der Waals surface area (Å²) >= 11 is 0. The molecule has 0 atom stereocenters. The number of allylic oxidation sites excluding steroid dienone is 5. The van der Waals surface area contributed by atoms with E-state index in [9.17, 15) is 4.79 Å². The summed E-state index contributed by atoms with van der Waals surface area (Å²) in [5, 5.41) is 0. The Morgan fingerprint density at radius 2 is 1.63 bits per heavy atom. The molecule has 1 aliphatic carbocycles. The molecule has 0 aliphatic heterocycles. The van der Waals surface area contributed by atoms with Crippen LogP contribution in [0.4, 0.5) is 0 Å². The molecule has 0 saturated carbocycles. The predicted molar refractivity (Wildman–Crippen MR) is 74.5 cm³/mol. The van der Waals surface area contributed by atoms with Crippen LogP contribution in [0.3, 0.4) is 0 Å². The molecule has 0 aromatic rings. The van der Waals surface area contributed by atoms with Gasteiger partial charge in [0.25, 0.3) is 0 Å². The summed E-state index contributed by atoms with van der Waals surface area (Å²) < 4.78 is 0. The van der Waals surface area contributed by atoms with Gasteiger partial charge < -0.3 is 26.6 Å². The van der Waals surface area contributed by atoms with Crippen molar-refractivity contribution in [3.63, 3.8) is 0 Å². The van der Waals surface area contributed by atoms with Crippen LogP contribution in [-0.2, 0) is 36.2 Å². The van der Waals surface area contributed by atoms with E-state index in [2.05, 4.69) is 18.7 Å². The topological polar surface area (TPSA) is 68.3 Å². The molecule has 0 heterocycles. The van der Waals surface area contributed by atoms with E-state index in [0.29, 0.717) is 0 Å². The van der Waals surface area contributed by atoms with Crippen molar-refractivity contribution in [2.45, 2.75) is 13.3 Å². The number of rotatable bonds is 2. The van der Waals surface area contributed by atoms with Crippen LogP contribution in [0.1, 0.15) is 13.3 Å². The molecule has 0 bridgehead atoms. The maximum Gasteiger partial charge on any atom is 3.00 e. The zero-order valence-electron chi connectivity index (χ0n) is 11.4. The number of hydrogen-bond acceptors (Lipinski definition) is 4. The zero-order valence-corrected chi connectivity index (χ0v) is 12.6. The minimum atomic E-state index is -0.0185. The molecule has 0 aromatic carbocycles. The third-order valence-corrected chi connectivity index (χ3v) is 1.07. The maximum atomic E-state index is 10.0. The number of carbonyl (C=O) groups is 4. The summed E-state index contributed by atoms with van der Waals surface area (Å²) in [7, 11) is 0. The normalized spacial score (nSPS) is 7.42. The van der Waals surface area contributed by atoms with Gasteiger partial charge in [0.15, 0.2) is 0 Å². The van der Waals surface area contributed by atoms with Crippen LogP contribution in [0.5, 0.6) is 0 Å².